The van der Waals surface area contributed by atoms with Gasteiger partial charge in [-0.3, -0.25) is 4.79 Å². The van der Waals surface area contributed by atoms with Crippen LogP contribution in [-0.4, -0.2) is 77.0 Å². The second kappa shape index (κ2) is 12.0. The van der Waals surface area contributed by atoms with Crippen LogP contribution < -0.4 is 10.6 Å². The summed E-state index contributed by atoms with van der Waals surface area (Å²) in [4.78, 5) is 33.5. The standard InChI is InChI=1S/C22H27N7O.C3H3F3O2/c1-4-18(30)28-11-5-6-17(13-28)29-22-19(21(23)24-14-25-22)20(26-29)16-9-7-15(8-10-16)12-27(2)3;1-8-2(7)3(4,5)6/h4,7-10,14,17H,1,5-6,11-13H2,2-3H3,(H2,23,24,25);1H3/p+1. The molecule has 1 saturated heterocycles. The Morgan fingerprint density at radius 2 is 1.92 bits per heavy atom. The number of hydrogen-bond donors (Lipinski definition) is 2. The quantitative estimate of drug-likeness (QED) is 0.378. The summed E-state index contributed by atoms with van der Waals surface area (Å²) in [5, 5.41) is 5.68. The Labute approximate surface area is 217 Å². The Balaban J connectivity index is 0.000000436. The van der Waals surface area contributed by atoms with Gasteiger partial charge >= 0.3 is 12.1 Å². The third kappa shape index (κ3) is 6.65. The predicted molar refractivity (Wildman–Crippen MR) is 135 cm³/mol. The lowest BCUT2D eigenvalue weighted by molar-refractivity contribution is -0.872. The van der Waals surface area contributed by atoms with E-state index in [2.05, 4.69) is 59.6 Å². The number of anilines is 1. The van der Waals surface area contributed by atoms with Gasteiger partial charge in [0.25, 0.3) is 0 Å². The summed E-state index contributed by atoms with van der Waals surface area (Å²) in [6, 6.07) is 8.43. The van der Waals surface area contributed by atoms with Crippen molar-refractivity contribution in [2.75, 3.05) is 40.0 Å². The Hall–Kier alpha value is -4.00. The minimum Gasteiger partial charge on any atom is -0.462 e. The summed E-state index contributed by atoms with van der Waals surface area (Å²) in [7, 11) is 4.94. The Kier molecular flexibility index (Phi) is 9.04. The zero-order valence-corrected chi connectivity index (χ0v) is 21.5. The number of nitrogens with one attached hydrogen (secondary N) is 1. The number of carbonyl (C=O) groups is 2. The first-order valence-corrected chi connectivity index (χ1v) is 11.9. The molecule has 10 nitrogen and oxygen atoms in total. The van der Waals surface area contributed by atoms with E-state index >= 15 is 0 Å². The van der Waals surface area contributed by atoms with Gasteiger partial charge < -0.3 is 20.3 Å². The molecule has 3 aromatic rings. The highest BCUT2D eigenvalue weighted by atomic mass is 19.4. The van der Waals surface area contributed by atoms with Crippen LogP contribution in [0.2, 0.25) is 0 Å². The maximum Gasteiger partial charge on any atom is 0.490 e. The van der Waals surface area contributed by atoms with Crippen LogP contribution in [0.15, 0.2) is 43.2 Å². The fourth-order valence-electron chi connectivity index (χ4n) is 4.24. The molecule has 1 aliphatic heterocycles. The van der Waals surface area contributed by atoms with Gasteiger partial charge in [0.1, 0.15) is 24.4 Å². The van der Waals surface area contributed by atoms with Crippen molar-refractivity contribution < 1.29 is 32.4 Å². The maximum absolute atomic E-state index is 12.1. The third-order valence-corrected chi connectivity index (χ3v) is 5.95. The van der Waals surface area contributed by atoms with E-state index in [-0.39, 0.29) is 11.9 Å². The number of nitrogens with zero attached hydrogens (tertiary/aromatic N) is 5. The molecule has 1 fully saturated rings. The minimum atomic E-state index is -4.85. The van der Waals surface area contributed by atoms with Gasteiger partial charge in [0.15, 0.2) is 5.65 Å². The van der Waals surface area contributed by atoms with Gasteiger partial charge in [-0.05, 0) is 18.9 Å². The lowest BCUT2D eigenvalue weighted by Crippen LogP contribution is -3.04. The van der Waals surface area contributed by atoms with Gasteiger partial charge in [-0.1, -0.05) is 30.8 Å². The van der Waals surface area contributed by atoms with E-state index in [1.807, 2.05) is 9.58 Å². The van der Waals surface area contributed by atoms with Crippen molar-refractivity contribution in [3.05, 3.63) is 48.8 Å². The number of carbonyl (C=O) groups excluding carboxylic acids is 2. The number of esters is 1. The highest BCUT2D eigenvalue weighted by Crippen LogP contribution is 2.33. The van der Waals surface area contributed by atoms with Gasteiger partial charge in [-0.15, -0.1) is 0 Å². The molecule has 0 saturated carbocycles. The number of benzene rings is 1. The van der Waals surface area contributed by atoms with E-state index in [1.54, 1.807) is 0 Å². The van der Waals surface area contributed by atoms with Crippen LogP contribution in [-0.2, 0) is 20.9 Å². The third-order valence-electron chi connectivity index (χ3n) is 5.95. The number of alkyl halides is 3. The van der Waals surface area contributed by atoms with Crippen molar-refractivity contribution in [2.24, 2.45) is 0 Å². The van der Waals surface area contributed by atoms with Crippen LogP contribution in [0.3, 0.4) is 0 Å². The van der Waals surface area contributed by atoms with Crippen LogP contribution in [0.25, 0.3) is 22.3 Å². The molecular weight excluding hydrogens is 503 g/mol. The summed E-state index contributed by atoms with van der Waals surface area (Å²) >= 11 is 0. The lowest BCUT2D eigenvalue weighted by atomic mass is 10.1. The molecule has 0 spiro atoms. The maximum atomic E-state index is 12.1. The number of ether oxygens (including phenoxy) is 1. The largest absolute Gasteiger partial charge is 0.490 e. The monoisotopic (exact) mass is 534 g/mol. The van der Waals surface area contributed by atoms with E-state index in [9.17, 15) is 22.8 Å². The summed E-state index contributed by atoms with van der Waals surface area (Å²) < 4.78 is 38.2. The predicted octanol–water partition coefficient (Wildman–Crippen LogP) is 1.79. The van der Waals surface area contributed by atoms with Crippen LogP contribution in [0, 0.1) is 0 Å². The van der Waals surface area contributed by atoms with Crippen molar-refractivity contribution in [3.63, 3.8) is 0 Å². The number of hydrogen-bond acceptors (Lipinski definition) is 7. The van der Waals surface area contributed by atoms with Gasteiger partial charge in [0.2, 0.25) is 5.91 Å². The molecule has 1 aliphatic rings. The molecule has 0 bridgehead atoms. The fraction of sp³-hybridized carbons (Fsp3) is 0.400. The number of fused-ring (bicyclic) bond motifs is 1. The normalized spacial score (nSPS) is 15.7. The molecule has 3 heterocycles. The number of aromatic nitrogens is 4. The highest BCUT2D eigenvalue weighted by Gasteiger charge is 2.40. The number of nitrogen functional groups attached to an aromatic ring is 1. The van der Waals surface area contributed by atoms with Crippen LogP contribution in [0.5, 0.6) is 0 Å². The molecule has 1 aromatic carbocycles. The molecule has 13 heteroatoms. The SMILES string of the molecule is C=CC(=O)N1CCCC(n2nc(-c3ccc(C[NH+](C)C)cc3)c3c(N)ncnc32)C1.COC(=O)C(F)(F)F. The number of halogens is 3. The van der Waals surface area contributed by atoms with E-state index in [0.29, 0.717) is 25.1 Å². The summed E-state index contributed by atoms with van der Waals surface area (Å²) in [6.07, 6.45) is -0.187. The second-order valence-electron chi connectivity index (χ2n) is 9.11. The first-order chi connectivity index (χ1) is 18.0. The van der Waals surface area contributed by atoms with Gasteiger partial charge in [-0.2, -0.15) is 18.3 Å². The van der Waals surface area contributed by atoms with Crippen molar-refractivity contribution in [3.8, 4) is 11.3 Å². The van der Waals surface area contributed by atoms with Crippen molar-refractivity contribution >= 4 is 28.7 Å². The van der Waals surface area contributed by atoms with Crippen molar-refractivity contribution in [1.82, 2.24) is 24.6 Å². The topological polar surface area (TPSA) is 121 Å². The number of nitrogens with two attached hydrogens (primary N) is 1. The molecule has 0 aliphatic carbocycles. The number of amides is 1. The fourth-order valence-corrected chi connectivity index (χ4v) is 4.24. The Morgan fingerprint density at radius 3 is 2.47 bits per heavy atom. The highest BCUT2D eigenvalue weighted by molar-refractivity contribution is 5.98. The van der Waals surface area contributed by atoms with Gasteiger partial charge in [0.05, 0.1) is 32.6 Å². The van der Waals surface area contributed by atoms with Crippen LogP contribution in [0.4, 0.5) is 19.0 Å². The lowest BCUT2D eigenvalue weighted by Gasteiger charge is -2.32. The number of methoxy groups -OCH3 is 1. The van der Waals surface area contributed by atoms with E-state index in [0.717, 1.165) is 42.6 Å². The molecule has 2 aromatic heterocycles. The van der Waals surface area contributed by atoms with E-state index in [1.165, 1.54) is 22.9 Å². The summed E-state index contributed by atoms with van der Waals surface area (Å²) in [5.74, 6) is -1.81. The average Bonchev–Trinajstić information content (AvgIpc) is 3.29. The second-order valence-corrected chi connectivity index (χ2v) is 9.11. The molecule has 1 atom stereocenters. The number of likely N-dealkylation sites (tertiary alicyclic amines) is 1. The molecular formula is C25H31F3N7O3+. The zero-order valence-electron chi connectivity index (χ0n) is 21.5. The number of rotatable bonds is 5. The molecule has 204 valence electrons. The Bertz CT molecular complexity index is 1290. The average molecular weight is 535 g/mol. The first-order valence-electron chi connectivity index (χ1n) is 11.9. The van der Waals surface area contributed by atoms with Crippen molar-refractivity contribution in [1.29, 1.82) is 0 Å². The number of piperidine rings is 1. The minimum absolute atomic E-state index is 0.0322. The summed E-state index contributed by atoms with van der Waals surface area (Å²) in [5.41, 5.74) is 9.97. The zero-order chi connectivity index (χ0) is 28.0. The van der Waals surface area contributed by atoms with Crippen molar-refractivity contribution in [2.45, 2.75) is 31.6 Å². The molecule has 1 unspecified atom stereocenters. The van der Waals surface area contributed by atoms with E-state index < -0.39 is 12.1 Å². The first kappa shape index (κ1) is 28.6. The Morgan fingerprint density at radius 1 is 1.24 bits per heavy atom. The number of quaternary nitrogens is 1. The van der Waals surface area contributed by atoms with Gasteiger partial charge in [0, 0.05) is 24.2 Å². The van der Waals surface area contributed by atoms with Crippen LogP contribution >= 0.6 is 0 Å². The molecule has 0 radical (unpaired) electrons. The smallest absolute Gasteiger partial charge is 0.462 e. The summed E-state index contributed by atoms with van der Waals surface area (Å²) in [6.45, 7) is 5.88. The van der Waals surface area contributed by atoms with Gasteiger partial charge in [-0.25, -0.2) is 19.4 Å². The molecule has 1 amide bonds. The van der Waals surface area contributed by atoms with Crippen LogP contribution in [0.1, 0.15) is 24.4 Å². The molecule has 38 heavy (non-hydrogen) atoms. The molecule has 4 rings (SSSR count). The van der Waals surface area contributed by atoms with E-state index in [4.69, 9.17) is 10.8 Å². The molecule has 3 N–H and O–H groups in total.